The number of methoxy groups -OCH3 is 1. The van der Waals surface area contributed by atoms with Crippen LogP contribution in [-0.4, -0.2) is 24.8 Å². The fourth-order valence-electron chi connectivity index (χ4n) is 1.31. The van der Waals surface area contributed by atoms with Gasteiger partial charge in [-0.05, 0) is 32.9 Å². The lowest BCUT2D eigenvalue weighted by molar-refractivity contribution is 0.0506. The van der Waals surface area contributed by atoms with Gasteiger partial charge in [0.15, 0.2) is 0 Å². The van der Waals surface area contributed by atoms with Crippen molar-refractivity contribution in [3.8, 4) is 5.75 Å². The number of hydrogen-bond acceptors (Lipinski definition) is 4. The largest absolute Gasteiger partial charge is 0.495 e. The van der Waals surface area contributed by atoms with E-state index in [-0.39, 0.29) is 0 Å². The first-order valence-corrected chi connectivity index (χ1v) is 6.01. The summed E-state index contributed by atoms with van der Waals surface area (Å²) >= 11 is 0. The zero-order valence-electron chi connectivity index (χ0n) is 11.9. The molecule has 0 heterocycles. The van der Waals surface area contributed by atoms with Gasteiger partial charge in [-0.1, -0.05) is 12.1 Å². The monoisotopic (exact) mass is 281 g/mol. The normalized spacial score (nSPS) is 10.4. The minimum atomic E-state index is -0.743. The van der Waals surface area contributed by atoms with Gasteiger partial charge in [-0.25, -0.2) is 20.4 Å². The molecule has 1 rings (SSSR count). The number of ether oxygens (including phenoxy) is 2. The number of amides is 3. The van der Waals surface area contributed by atoms with Gasteiger partial charge in [0.1, 0.15) is 11.4 Å². The van der Waals surface area contributed by atoms with E-state index in [4.69, 9.17) is 9.47 Å². The predicted molar refractivity (Wildman–Crippen MR) is 74.5 cm³/mol. The summed E-state index contributed by atoms with van der Waals surface area (Å²) < 4.78 is 10.0. The third-order valence-electron chi connectivity index (χ3n) is 2.03. The van der Waals surface area contributed by atoms with Crippen molar-refractivity contribution in [3.63, 3.8) is 0 Å². The maximum atomic E-state index is 11.6. The van der Waals surface area contributed by atoms with E-state index in [1.165, 1.54) is 7.11 Å². The molecule has 0 bridgehead atoms. The second-order valence-electron chi connectivity index (χ2n) is 4.91. The molecule has 0 unspecified atom stereocenters. The highest BCUT2D eigenvalue weighted by atomic mass is 16.6. The van der Waals surface area contributed by atoms with E-state index in [0.29, 0.717) is 11.4 Å². The summed E-state index contributed by atoms with van der Waals surface area (Å²) in [7, 11) is 1.50. The summed E-state index contributed by atoms with van der Waals surface area (Å²) in [5.74, 6) is 0.514. The van der Waals surface area contributed by atoms with Gasteiger partial charge in [-0.3, -0.25) is 0 Å². The fourth-order valence-corrected chi connectivity index (χ4v) is 1.31. The first-order chi connectivity index (χ1) is 9.31. The molecule has 1 aromatic carbocycles. The van der Waals surface area contributed by atoms with Crippen LogP contribution < -0.4 is 20.9 Å². The maximum Gasteiger partial charge on any atom is 0.426 e. The van der Waals surface area contributed by atoms with Crippen molar-refractivity contribution in [1.82, 2.24) is 10.9 Å². The molecule has 3 amide bonds. The van der Waals surface area contributed by atoms with Crippen LogP contribution in [0.1, 0.15) is 20.8 Å². The van der Waals surface area contributed by atoms with Crippen LogP contribution in [0, 0.1) is 0 Å². The number of para-hydroxylation sites is 2. The van der Waals surface area contributed by atoms with Crippen LogP contribution in [0.2, 0.25) is 0 Å². The first-order valence-electron chi connectivity index (χ1n) is 6.01. The molecule has 110 valence electrons. The Labute approximate surface area is 117 Å². The molecule has 7 nitrogen and oxygen atoms in total. The highest BCUT2D eigenvalue weighted by Crippen LogP contribution is 2.22. The lowest BCUT2D eigenvalue weighted by Crippen LogP contribution is -2.46. The molecule has 0 fully saturated rings. The highest BCUT2D eigenvalue weighted by Gasteiger charge is 2.16. The van der Waals surface area contributed by atoms with Crippen LogP contribution >= 0.6 is 0 Å². The molecule has 1 aromatic rings. The molecule has 0 aromatic heterocycles. The molecular weight excluding hydrogens is 262 g/mol. The van der Waals surface area contributed by atoms with E-state index in [1.807, 2.05) is 0 Å². The number of carbonyl (C=O) groups is 2. The smallest absolute Gasteiger partial charge is 0.426 e. The van der Waals surface area contributed by atoms with E-state index < -0.39 is 17.7 Å². The Balaban J connectivity index is 2.46. The van der Waals surface area contributed by atoms with Crippen LogP contribution in [0.25, 0.3) is 0 Å². The van der Waals surface area contributed by atoms with E-state index in [0.717, 1.165) is 0 Å². The van der Waals surface area contributed by atoms with Gasteiger partial charge in [0.2, 0.25) is 0 Å². The molecule has 0 radical (unpaired) electrons. The number of rotatable bonds is 2. The zero-order valence-corrected chi connectivity index (χ0v) is 11.9. The topological polar surface area (TPSA) is 88.7 Å². The van der Waals surface area contributed by atoms with E-state index in [2.05, 4.69) is 16.2 Å². The lowest BCUT2D eigenvalue weighted by atomic mass is 10.2. The van der Waals surface area contributed by atoms with Gasteiger partial charge in [0.25, 0.3) is 0 Å². The zero-order chi connectivity index (χ0) is 15.2. The van der Waals surface area contributed by atoms with Gasteiger partial charge < -0.3 is 14.8 Å². The van der Waals surface area contributed by atoms with Crippen LogP contribution in [0.4, 0.5) is 15.3 Å². The van der Waals surface area contributed by atoms with Crippen molar-refractivity contribution in [2.75, 3.05) is 12.4 Å². The van der Waals surface area contributed by atoms with Crippen molar-refractivity contribution in [2.24, 2.45) is 0 Å². The molecule has 20 heavy (non-hydrogen) atoms. The van der Waals surface area contributed by atoms with Crippen LogP contribution in [0.5, 0.6) is 5.75 Å². The molecule has 0 aliphatic carbocycles. The Bertz CT molecular complexity index is 483. The first kappa shape index (κ1) is 15.6. The number of carbonyl (C=O) groups excluding carboxylic acids is 2. The predicted octanol–water partition coefficient (Wildman–Crippen LogP) is 2.26. The summed E-state index contributed by atoms with van der Waals surface area (Å²) in [5.41, 5.74) is 4.16. The van der Waals surface area contributed by atoms with Crippen LogP contribution in [-0.2, 0) is 4.74 Å². The maximum absolute atomic E-state index is 11.6. The average molecular weight is 281 g/mol. The Morgan fingerprint density at radius 2 is 1.75 bits per heavy atom. The summed E-state index contributed by atoms with van der Waals surface area (Å²) in [4.78, 5) is 22.9. The lowest BCUT2D eigenvalue weighted by Gasteiger charge is -2.19. The standard InChI is InChI=1S/C13H19N3O4/c1-13(2,3)20-12(18)16-15-11(17)14-9-7-5-6-8-10(9)19-4/h5-8H,1-4H3,(H,16,18)(H2,14,15,17). The molecule has 0 saturated heterocycles. The number of nitrogens with one attached hydrogen (secondary N) is 3. The molecule has 0 atom stereocenters. The van der Waals surface area contributed by atoms with E-state index in [1.54, 1.807) is 45.0 Å². The van der Waals surface area contributed by atoms with Crippen molar-refractivity contribution in [1.29, 1.82) is 0 Å². The van der Waals surface area contributed by atoms with E-state index >= 15 is 0 Å². The average Bonchev–Trinajstić information content (AvgIpc) is 2.35. The van der Waals surface area contributed by atoms with Gasteiger partial charge in [-0.15, -0.1) is 0 Å². The minimum Gasteiger partial charge on any atom is -0.495 e. The summed E-state index contributed by atoms with van der Waals surface area (Å²) in [6, 6.07) is 6.30. The highest BCUT2D eigenvalue weighted by molar-refractivity contribution is 5.91. The van der Waals surface area contributed by atoms with Gasteiger partial charge in [-0.2, -0.15) is 0 Å². The third kappa shape index (κ3) is 5.47. The fraction of sp³-hybridized carbons (Fsp3) is 0.385. The van der Waals surface area contributed by atoms with Crippen molar-refractivity contribution in [3.05, 3.63) is 24.3 Å². The number of hydrogen-bond donors (Lipinski definition) is 3. The molecule has 7 heteroatoms. The SMILES string of the molecule is COc1ccccc1NC(=O)NNC(=O)OC(C)(C)C. The number of urea groups is 1. The third-order valence-corrected chi connectivity index (χ3v) is 2.03. The Hall–Kier alpha value is -2.44. The van der Waals surface area contributed by atoms with Crippen molar-refractivity contribution >= 4 is 17.8 Å². The number of benzene rings is 1. The Morgan fingerprint density at radius 1 is 1.10 bits per heavy atom. The molecular formula is C13H19N3O4. The minimum absolute atomic E-state index is 0.485. The summed E-state index contributed by atoms with van der Waals surface area (Å²) in [5, 5.41) is 2.53. The van der Waals surface area contributed by atoms with Gasteiger partial charge in [0, 0.05) is 0 Å². The van der Waals surface area contributed by atoms with Crippen LogP contribution in [0.15, 0.2) is 24.3 Å². The van der Waals surface area contributed by atoms with Gasteiger partial charge >= 0.3 is 12.1 Å². The molecule has 3 N–H and O–H groups in total. The molecule has 0 aliphatic rings. The second kappa shape index (κ2) is 6.65. The Kier molecular flexibility index (Phi) is 5.19. The second-order valence-corrected chi connectivity index (χ2v) is 4.91. The quantitative estimate of drug-likeness (QED) is 0.725. The molecule has 0 spiro atoms. The molecule has 0 saturated carbocycles. The van der Waals surface area contributed by atoms with Crippen molar-refractivity contribution in [2.45, 2.75) is 26.4 Å². The number of hydrazine groups is 1. The van der Waals surface area contributed by atoms with E-state index in [9.17, 15) is 9.59 Å². The Morgan fingerprint density at radius 3 is 2.35 bits per heavy atom. The number of anilines is 1. The summed E-state index contributed by atoms with van der Waals surface area (Å²) in [6.07, 6.45) is -0.743. The van der Waals surface area contributed by atoms with Crippen LogP contribution in [0.3, 0.4) is 0 Å². The summed E-state index contributed by atoms with van der Waals surface area (Å²) in [6.45, 7) is 5.17. The van der Waals surface area contributed by atoms with Gasteiger partial charge in [0.05, 0.1) is 12.8 Å². The molecule has 0 aliphatic heterocycles. The van der Waals surface area contributed by atoms with Crippen molar-refractivity contribution < 1.29 is 19.1 Å².